The minimum absolute atomic E-state index is 0.516. The van der Waals surface area contributed by atoms with Crippen LogP contribution in [-0.2, 0) is 0 Å². The summed E-state index contributed by atoms with van der Waals surface area (Å²) in [6.07, 6.45) is 15.0. The Morgan fingerprint density at radius 3 is 1.61 bits per heavy atom. The first-order valence-corrected chi connectivity index (χ1v) is 15.1. The number of hydrogen-bond acceptors (Lipinski definition) is 6. The molecule has 0 aliphatic carbocycles. The SMILES string of the molecule is Cc1cccc(-c2ncccc2-c2ccc3nccn3c2)n1.Cc1cccc(C)n1.Clc1ncccc1-c1ccc2nccn2c1. The van der Waals surface area contributed by atoms with Gasteiger partial charge in [0.15, 0.2) is 0 Å². The molecule has 46 heavy (non-hydrogen) atoms. The highest BCUT2D eigenvalue weighted by molar-refractivity contribution is 6.32. The predicted molar refractivity (Wildman–Crippen MR) is 184 cm³/mol. The van der Waals surface area contributed by atoms with E-state index in [0.29, 0.717) is 5.15 Å². The third-order valence-electron chi connectivity index (χ3n) is 7.12. The number of hydrogen-bond donors (Lipinski definition) is 0. The van der Waals surface area contributed by atoms with E-state index in [1.807, 2.05) is 121 Å². The van der Waals surface area contributed by atoms with Crippen LogP contribution < -0.4 is 0 Å². The van der Waals surface area contributed by atoms with Crippen molar-refractivity contribution in [2.24, 2.45) is 0 Å². The predicted octanol–water partition coefficient (Wildman–Crippen LogP) is 8.51. The summed E-state index contributed by atoms with van der Waals surface area (Å²) in [4.78, 5) is 25.9. The van der Waals surface area contributed by atoms with E-state index in [-0.39, 0.29) is 0 Å². The van der Waals surface area contributed by atoms with Crippen LogP contribution in [0.25, 0.3) is 44.9 Å². The molecular formula is C37H31ClN8. The van der Waals surface area contributed by atoms with Crippen LogP contribution in [-0.4, -0.2) is 38.7 Å². The van der Waals surface area contributed by atoms with Crippen LogP contribution in [0.1, 0.15) is 17.1 Å². The molecule has 0 saturated heterocycles. The van der Waals surface area contributed by atoms with E-state index in [9.17, 15) is 0 Å². The van der Waals surface area contributed by atoms with E-state index < -0.39 is 0 Å². The molecule has 0 bridgehead atoms. The smallest absolute Gasteiger partial charge is 0.136 e. The molecule has 8 aromatic rings. The number of halogens is 1. The van der Waals surface area contributed by atoms with Gasteiger partial charge in [-0.15, -0.1) is 0 Å². The summed E-state index contributed by atoms with van der Waals surface area (Å²) in [6, 6.07) is 27.9. The maximum atomic E-state index is 6.05. The Labute approximate surface area is 272 Å². The summed E-state index contributed by atoms with van der Waals surface area (Å²) in [5, 5.41) is 0.516. The molecule has 0 aliphatic heterocycles. The van der Waals surface area contributed by atoms with Gasteiger partial charge in [-0.05, 0) is 87.5 Å². The van der Waals surface area contributed by atoms with Crippen molar-refractivity contribution in [2.45, 2.75) is 20.8 Å². The minimum atomic E-state index is 0.516. The van der Waals surface area contributed by atoms with Crippen LogP contribution in [0.4, 0.5) is 0 Å². The first kappa shape index (κ1) is 30.3. The Bertz CT molecular complexity index is 2220. The largest absolute Gasteiger partial charge is 0.306 e. The van der Waals surface area contributed by atoms with Crippen molar-refractivity contribution in [2.75, 3.05) is 0 Å². The number of aromatic nitrogens is 8. The van der Waals surface area contributed by atoms with E-state index in [4.69, 9.17) is 11.6 Å². The lowest BCUT2D eigenvalue weighted by molar-refractivity contribution is 1.12. The second-order valence-electron chi connectivity index (χ2n) is 10.5. The lowest BCUT2D eigenvalue weighted by Crippen LogP contribution is -1.94. The molecule has 0 fully saturated rings. The van der Waals surface area contributed by atoms with Crippen LogP contribution in [0.5, 0.6) is 0 Å². The molecule has 0 radical (unpaired) electrons. The number of aryl methyl sites for hydroxylation is 3. The molecule has 9 heteroatoms. The molecule has 0 N–H and O–H groups in total. The Morgan fingerprint density at radius 2 is 1.04 bits per heavy atom. The van der Waals surface area contributed by atoms with Gasteiger partial charge in [-0.1, -0.05) is 29.8 Å². The van der Waals surface area contributed by atoms with Crippen molar-refractivity contribution in [3.8, 4) is 33.6 Å². The highest BCUT2D eigenvalue weighted by Gasteiger charge is 2.11. The summed E-state index contributed by atoms with van der Waals surface area (Å²) < 4.78 is 3.97. The molecule has 0 spiro atoms. The minimum Gasteiger partial charge on any atom is -0.306 e. The molecule has 8 heterocycles. The van der Waals surface area contributed by atoms with Gasteiger partial charge in [0.2, 0.25) is 0 Å². The lowest BCUT2D eigenvalue weighted by Gasteiger charge is -2.09. The second kappa shape index (κ2) is 13.9. The van der Waals surface area contributed by atoms with E-state index in [2.05, 4.69) is 48.2 Å². The fourth-order valence-electron chi connectivity index (χ4n) is 4.96. The quantitative estimate of drug-likeness (QED) is 0.184. The van der Waals surface area contributed by atoms with Crippen molar-refractivity contribution in [3.05, 3.63) is 157 Å². The fraction of sp³-hybridized carbons (Fsp3) is 0.0811. The van der Waals surface area contributed by atoms with Gasteiger partial charge >= 0.3 is 0 Å². The molecule has 8 aromatic heterocycles. The monoisotopic (exact) mass is 622 g/mol. The van der Waals surface area contributed by atoms with E-state index in [0.717, 1.165) is 62.0 Å². The number of fused-ring (bicyclic) bond motifs is 2. The van der Waals surface area contributed by atoms with Gasteiger partial charge in [0, 0.05) is 88.9 Å². The van der Waals surface area contributed by atoms with Gasteiger partial charge in [0.1, 0.15) is 16.4 Å². The Balaban J connectivity index is 0.000000135. The Hall–Kier alpha value is -5.73. The first-order valence-electron chi connectivity index (χ1n) is 14.7. The van der Waals surface area contributed by atoms with E-state index in [1.54, 1.807) is 24.8 Å². The van der Waals surface area contributed by atoms with Crippen molar-refractivity contribution in [3.63, 3.8) is 0 Å². The van der Waals surface area contributed by atoms with Crippen LogP contribution in [0.2, 0.25) is 5.15 Å². The first-order chi connectivity index (χ1) is 22.4. The van der Waals surface area contributed by atoms with Crippen molar-refractivity contribution in [1.82, 2.24) is 38.7 Å². The van der Waals surface area contributed by atoms with Crippen molar-refractivity contribution < 1.29 is 0 Å². The summed E-state index contributed by atoms with van der Waals surface area (Å²) in [5.74, 6) is 0. The number of pyridine rings is 6. The van der Waals surface area contributed by atoms with Gasteiger partial charge in [0.05, 0.1) is 11.4 Å². The molecule has 8 rings (SSSR count). The standard InChI is InChI=1S/C18H14N4.C12H8ClN3.C7H9N/c1-13-4-2-6-16(21-13)18-15(5-3-9-20-18)14-7-8-17-19-10-11-22(17)12-14;13-12-10(2-1-5-15-12)9-3-4-11-14-6-7-16(11)8-9;1-6-4-3-5-7(2)8-6/h2-12H,1H3;1-8H;3-5H,1-2H3. The van der Waals surface area contributed by atoms with Crippen LogP contribution in [0.15, 0.2) is 135 Å². The molecule has 226 valence electrons. The maximum absolute atomic E-state index is 6.05. The molecule has 0 amide bonds. The lowest BCUT2D eigenvalue weighted by atomic mass is 10.0. The molecule has 0 unspecified atom stereocenters. The highest BCUT2D eigenvalue weighted by Crippen LogP contribution is 2.29. The zero-order chi connectivity index (χ0) is 31.9. The van der Waals surface area contributed by atoms with Crippen molar-refractivity contribution >= 4 is 22.9 Å². The Kier molecular flexibility index (Phi) is 9.17. The topological polar surface area (TPSA) is 86.2 Å². The molecule has 0 aliphatic rings. The number of rotatable bonds is 3. The normalized spacial score (nSPS) is 10.6. The summed E-state index contributed by atoms with van der Waals surface area (Å²) in [5.41, 5.74) is 10.9. The Morgan fingerprint density at radius 1 is 0.500 bits per heavy atom. The number of nitrogens with zero attached hydrogens (tertiary/aromatic N) is 8. The van der Waals surface area contributed by atoms with Gasteiger partial charge in [-0.3, -0.25) is 15.0 Å². The average molecular weight is 623 g/mol. The van der Waals surface area contributed by atoms with E-state index >= 15 is 0 Å². The highest BCUT2D eigenvalue weighted by atomic mass is 35.5. The fourth-order valence-corrected chi connectivity index (χ4v) is 5.19. The second-order valence-corrected chi connectivity index (χ2v) is 10.9. The van der Waals surface area contributed by atoms with E-state index in [1.165, 1.54) is 0 Å². The van der Waals surface area contributed by atoms with Gasteiger partial charge < -0.3 is 8.80 Å². The summed E-state index contributed by atoms with van der Waals surface area (Å²) >= 11 is 6.05. The van der Waals surface area contributed by atoms with Gasteiger partial charge in [0.25, 0.3) is 0 Å². The molecule has 0 aromatic carbocycles. The van der Waals surface area contributed by atoms with Gasteiger partial charge in [-0.2, -0.15) is 0 Å². The van der Waals surface area contributed by atoms with Crippen LogP contribution >= 0.6 is 11.6 Å². The maximum Gasteiger partial charge on any atom is 0.136 e. The summed E-state index contributed by atoms with van der Waals surface area (Å²) in [6.45, 7) is 5.98. The van der Waals surface area contributed by atoms with Crippen LogP contribution in [0.3, 0.4) is 0 Å². The molecular weight excluding hydrogens is 592 g/mol. The third-order valence-corrected chi connectivity index (χ3v) is 7.43. The molecule has 8 nitrogen and oxygen atoms in total. The molecule has 0 saturated carbocycles. The third kappa shape index (κ3) is 7.14. The molecule has 0 atom stereocenters. The average Bonchev–Trinajstić information content (AvgIpc) is 3.75. The zero-order valence-corrected chi connectivity index (χ0v) is 26.4. The van der Waals surface area contributed by atoms with Gasteiger partial charge in [-0.25, -0.2) is 15.0 Å². The zero-order valence-electron chi connectivity index (χ0n) is 25.7. The van der Waals surface area contributed by atoms with Crippen LogP contribution in [0, 0.1) is 20.8 Å². The number of imidazole rings is 2. The summed E-state index contributed by atoms with van der Waals surface area (Å²) in [7, 11) is 0. The van der Waals surface area contributed by atoms with Crippen molar-refractivity contribution in [1.29, 1.82) is 0 Å².